The standard InChI is InChI=1S/C12H17N3S/c1-7(2)10-15-9-11(16-10)14-8(6-13-9)12(3,4)5/h6-7H,1-5H3. The van der Waals surface area contributed by atoms with E-state index in [1.54, 1.807) is 11.3 Å². The molecule has 0 spiro atoms. The van der Waals surface area contributed by atoms with Crippen LogP contribution in [0.1, 0.15) is 51.2 Å². The van der Waals surface area contributed by atoms with Crippen molar-refractivity contribution in [3.05, 3.63) is 16.9 Å². The predicted octanol–water partition coefficient (Wildman–Crippen LogP) is 3.51. The molecule has 2 aromatic heterocycles. The normalized spacial score (nSPS) is 12.6. The van der Waals surface area contributed by atoms with Crippen LogP contribution in [0, 0.1) is 0 Å². The zero-order valence-electron chi connectivity index (χ0n) is 10.4. The number of thiazole rings is 1. The summed E-state index contributed by atoms with van der Waals surface area (Å²) in [6.45, 7) is 10.7. The van der Waals surface area contributed by atoms with Crippen molar-refractivity contribution >= 4 is 21.8 Å². The molecule has 0 atom stereocenters. The van der Waals surface area contributed by atoms with Gasteiger partial charge in [-0.2, -0.15) is 0 Å². The van der Waals surface area contributed by atoms with Crippen LogP contribution in [0.25, 0.3) is 10.5 Å². The second-order valence-electron chi connectivity index (χ2n) is 5.34. The Kier molecular flexibility index (Phi) is 2.70. The second-order valence-corrected chi connectivity index (χ2v) is 6.35. The summed E-state index contributed by atoms with van der Waals surface area (Å²) in [6, 6.07) is 0. The van der Waals surface area contributed by atoms with E-state index in [2.05, 4.69) is 49.6 Å². The molecule has 0 amide bonds. The number of aromatic nitrogens is 3. The molecule has 2 heterocycles. The Morgan fingerprint density at radius 3 is 2.44 bits per heavy atom. The SMILES string of the molecule is CC(C)c1nc2ncc(C(C)(C)C)nc2s1. The number of rotatable bonds is 1. The van der Waals surface area contributed by atoms with Crippen LogP contribution < -0.4 is 0 Å². The highest BCUT2D eigenvalue weighted by Gasteiger charge is 2.18. The molecule has 2 aromatic rings. The van der Waals surface area contributed by atoms with Crippen molar-refractivity contribution in [3.63, 3.8) is 0 Å². The minimum Gasteiger partial charge on any atom is -0.236 e. The third-order valence-electron chi connectivity index (χ3n) is 2.40. The molecule has 0 aromatic carbocycles. The van der Waals surface area contributed by atoms with Gasteiger partial charge in [0, 0.05) is 11.3 Å². The quantitative estimate of drug-likeness (QED) is 0.759. The minimum absolute atomic E-state index is 0.0448. The molecule has 0 fully saturated rings. The Morgan fingerprint density at radius 2 is 1.88 bits per heavy atom. The molecule has 0 aliphatic rings. The molecule has 0 saturated carbocycles. The first-order valence-electron chi connectivity index (χ1n) is 5.52. The molecule has 0 radical (unpaired) electrons. The largest absolute Gasteiger partial charge is 0.236 e. The summed E-state index contributed by atoms with van der Waals surface area (Å²) < 4.78 is 0. The number of hydrogen-bond donors (Lipinski definition) is 0. The van der Waals surface area contributed by atoms with E-state index in [0.29, 0.717) is 5.92 Å². The fourth-order valence-electron chi connectivity index (χ4n) is 1.35. The van der Waals surface area contributed by atoms with Gasteiger partial charge in [0.05, 0.1) is 16.9 Å². The van der Waals surface area contributed by atoms with Crippen molar-refractivity contribution in [3.8, 4) is 0 Å². The maximum Gasteiger partial charge on any atom is 0.189 e. The van der Waals surface area contributed by atoms with Crippen LogP contribution in [-0.2, 0) is 5.41 Å². The van der Waals surface area contributed by atoms with Crippen molar-refractivity contribution in [2.45, 2.75) is 46.0 Å². The summed E-state index contributed by atoms with van der Waals surface area (Å²) in [7, 11) is 0. The highest BCUT2D eigenvalue weighted by atomic mass is 32.1. The summed E-state index contributed by atoms with van der Waals surface area (Å²) >= 11 is 1.65. The summed E-state index contributed by atoms with van der Waals surface area (Å²) in [4.78, 5) is 14.5. The van der Waals surface area contributed by atoms with Gasteiger partial charge in [-0.25, -0.2) is 15.0 Å². The smallest absolute Gasteiger partial charge is 0.189 e. The predicted molar refractivity (Wildman–Crippen MR) is 68.0 cm³/mol. The van der Waals surface area contributed by atoms with E-state index in [1.807, 2.05) is 6.20 Å². The van der Waals surface area contributed by atoms with Crippen LogP contribution in [0.4, 0.5) is 0 Å². The highest BCUT2D eigenvalue weighted by molar-refractivity contribution is 7.18. The van der Waals surface area contributed by atoms with Crippen molar-refractivity contribution in [2.75, 3.05) is 0 Å². The van der Waals surface area contributed by atoms with Crippen molar-refractivity contribution in [1.82, 2.24) is 15.0 Å². The Bertz CT molecular complexity index is 508. The maximum atomic E-state index is 4.64. The molecule has 0 aliphatic heterocycles. The number of hydrogen-bond acceptors (Lipinski definition) is 4. The van der Waals surface area contributed by atoms with Gasteiger partial charge >= 0.3 is 0 Å². The van der Waals surface area contributed by atoms with Crippen LogP contribution in [-0.4, -0.2) is 15.0 Å². The zero-order chi connectivity index (χ0) is 11.9. The van der Waals surface area contributed by atoms with Crippen molar-refractivity contribution < 1.29 is 0 Å². The van der Waals surface area contributed by atoms with Gasteiger partial charge in [-0.05, 0) is 0 Å². The molecule has 0 unspecified atom stereocenters. The zero-order valence-corrected chi connectivity index (χ0v) is 11.2. The molecule has 3 nitrogen and oxygen atoms in total. The monoisotopic (exact) mass is 235 g/mol. The lowest BCUT2D eigenvalue weighted by atomic mass is 9.93. The summed E-state index contributed by atoms with van der Waals surface area (Å²) in [6.07, 6.45) is 1.84. The van der Waals surface area contributed by atoms with Gasteiger partial charge in [-0.1, -0.05) is 46.0 Å². The van der Waals surface area contributed by atoms with E-state index >= 15 is 0 Å². The molecule has 0 aliphatic carbocycles. The Hall–Kier alpha value is -1.03. The number of fused-ring (bicyclic) bond motifs is 1. The lowest BCUT2D eigenvalue weighted by Crippen LogP contribution is -2.13. The Morgan fingerprint density at radius 1 is 1.19 bits per heavy atom. The first kappa shape index (κ1) is 11.5. The fourth-order valence-corrected chi connectivity index (χ4v) is 2.25. The van der Waals surface area contributed by atoms with E-state index < -0.39 is 0 Å². The van der Waals surface area contributed by atoms with E-state index in [-0.39, 0.29) is 5.41 Å². The Balaban J connectivity index is 2.54. The van der Waals surface area contributed by atoms with Crippen molar-refractivity contribution in [1.29, 1.82) is 0 Å². The molecule has 86 valence electrons. The van der Waals surface area contributed by atoms with Crippen LogP contribution in [0.15, 0.2) is 6.20 Å². The van der Waals surface area contributed by atoms with Crippen molar-refractivity contribution in [2.24, 2.45) is 0 Å². The van der Waals surface area contributed by atoms with Crippen LogP contribution in [0.3, 0.4) is 0 Å². The van der Waals surface area contributed by atoms with Crippen LogP contribution in [0.2, 0.25) is 0 Å². The van der Waals surface area contributed by atoms with E-state index in [4.69, 9.17) is 0 Å². The molecule has 2 rings (SSSR count). The molecule has 0 N–H and O–H groups in total. The molecule has 4 heteroatoms. The van der Waals surface area contributed by atoms with Gasteiger partial charge in [0.1, 0.15) is 0 Å². The first-order chi connectivity index (χ1) is 7.38. The lowest BCUT2D eigenvalue weighted by Gasteiger charge is -2.16. The van der Waals surface area contributed by atoms with Gasteiger partial charge in [0.2, 0.25) is 0 Å². The third kappa shape index (κ3) is 2.07. The lowest BCUT2D eigenvalue weighted by molar-refractivity contribution is 0.569. The van der Waals surface area contributed by atoms with Crippen LogP contribution in [0.5, 0.6) is 0 Å². The average Bonchev–Trinajstić information content (AvgIpc) is 2.58. The highest BCUT2D eigenvalue weighted by Crippen LogP contribution is 2.27. The molecule has 0 bridgehead atoms. The van der Waals surface area contributed by atoms with Gasteiger partial charge < -0.3 is 0 Å². The van der Waals surface area contributed by atoms with Gasteiger partial charge in [0.15, 0.2) is 10.5 Å². The van der Waals surface area contributed by atoms with Crippen LogP contribution >= 0.6 is 11.3 Å². The second kappa shape index (κ2) is 3.77. The van der Waals surface area contributed by atoms with E-state index in [9.17, 15) is 0 Å². The van der Waals surface area contributed by atoms with E-state index in [0.717, 1.165) is 21.2 Å². The Labute approximate surface area is 100.0 Å². The topological polar surface area (TPSA) is 38.7 Å². The molecule has 0 saturated heterocycles. The van der Waals surface area contributed by atoms with Gasteiger partial charge in [0.25, 0.3) is 0 Å². The number of nitrogens with zero attached hydrogens (tertiary/aromatic N) is 3. The third-order valence-corrected chi connectivity index (χ3v) is 3.64. The van der Waals surface area contributed by atoms with E-state index in [1.165, 1.54) is 0 Å². The fraction of sp³-hybridized carbons (Fsp3) is 0.583. The summed E-state index contributed by atoms with van der Waals surface area (Å²) in [5, 5.41) is 1.11. The first-order valence-corrected chi connectivity index (χ1v) is 6.33. The maximum absolute atomic E-state index is 4.64. The average molecular weight is 235 g/mol. The summed E-state index contributed by atoms with van der Waals surface area (Å²) in [5.74, 6) is 0.444. The molecular weight excluding hydrogens is 218 g/mol. The molecule has 16 heavy (non-hydrogen) atoms. The molecular formula is C12H17N3S. The van der Waals surface area contributed by atoms with Gasteiger partial charge in [-0.3, -0.25) is 0 Å². The van der Waals surface area contributed by atoms with Gasteiger partial charge in [-0.15, -0.1) is 0 Å². The minimum atomic E-state index is 0.0448. The summed E-state index contributed by atoms with van der Waals surface area (Å²) in [5.41, 5.74) is 1.85.